The maximum Gasteiger partial charge on any atom is 0.220 e. The normalized spacial score (nSPS) is 10.6. The lowest BCUT2D eigenvalue weighted by Crippen LogP contribution is -2.25. The molecule has 0 aliphatic heterocycles. The van der Waals surface area contributed by atoms with Gasteiger partial charge in [0.15, 0.2) is 0 Å². The van der Waals surface area contributed by atoms with Crippen molar-refractivity contribution in [3.63, 3.8) is 0 Å². The van der Waals surface area contributed by atoms with E-state index in [1.165, 1.54) is 27.8 Å². The Hall–Kier alpha value is -1.74. The molecule has 2 aromatic rings. The molecule has 0 bridgehead atoms. The third-order valence-electron chi connectivity index (χ3n) is 4.30. The first-order valence-electron chi connectivity index (χ1n) is 8.51. The number of carbonyl (C=O) groups is 1. The Kier molecular flexibility index (Phi) is 7.38. The van der Waals surface area contributed by atoms with Gasteiger partial charge >= 0.3 is 0 Å². The highest BCUT2D eigenvalue weighted by molar-refractivity contribution is 7.98. The van der Waals surface area contributed by atoms with Gasteiger partial charge in [-0.1, -0.05) is 42.5 Å². The summed E-state index contributed by atoms with van der Waals surface area (Å²) in [5.41, 5.74) is 6.54. The summed E-state index contributed by atoms with van der Waals surface area (Å²) in [6.07, 6.45) is 1.37. The summed E-state index contributed by atoms with van der Waals surface area (Å²) in [4.78, 5) is 11.9. The molecule has 0 saturated carbocycles. The molecule has 0 aliphatic rings. The van der Waals surface area contributed by atoms with Crippen molar-refractivity contribution in [1.29, 1.82) is 0 Å². The second-order valence-electron chi connectivity index (χ2n) is 6.25. The van der Waals surface area contributed by atoms with Crippen LogP contribution >= 0.6 is 11.8 Å². The molecule has 0 aromatic heterocycles. The van der Waals surface area contributed by atoms with Crippen molar-refractivity contribution in [2.24, 2.45) is 0 Å². The van der Waals surface area contributed by atoms with E-state index in [0.29, 0.717) is 6.42 Å². The van der Waals surface area contributed by atoms with Gasteiger partial charge in [0.05, 0.1) is 0 Å². The number of hydrogen-bond donors (Lipinski definition) is 1. The molecule has 1 N–H and O–H groups in total. The number of hydrogen-bond acceptors (Lipinski definition) is 2. The zero-order valence-electron chi connectivity index (χ0n) is 14.9. The van der Waals surface area contributed by atoms with Gasteiger partial charge in [0.25, 0.3) is 0 Å². The van der Waals surface area contributed by atoms with E-state index in [-0.39, 0.29) is 5.91 Å². The number of carbonyl (C=O) groups excluding carboxylic acids is 1. The zero-order valence-corrected chi connectivity index (χ0v) is 15.7. The van der Waals surface area contributed by atoms with Crippen molar-refractivity contribution >= 4 is 17.7 Å². The largest absolute Gasteiger partial charge is 0.355 e. The van der Waals surface area contributed by atoms with E-state index >= 15 is 0 Å². The Morgan fingerprint density at radius 2 is 1.79 bits per heavy atom. The number of nitrogens with one attached hydrogen (secondary N) is 1. The van der Waals surface area contributed by atoms with Crippen LogP contribution in [0.2, 0.25) is 0 Å². The highest BCUT2D eigenvalue weighted by Crippen LogP contribution is 2.15. The number of aryl methyl sites for hydroxylation is 4. The average molecular weight is 342 g/mol. The predicted molar refractivity (Wildman–Crippen MR) is 105 cm³/mol. The molecule has 24 heavy (non-hydrogen) atoms. The lowest BCUT2D eigenvalue weighted by atomic mass is 10.0. The number of amides is 1. The van der Waals surface area contributed by atoms with Crippen molar-refractivity contribution in [1.82, 2.24) is 5.32 Å². The van der Waals surface area contributed by atoms with E-state index in [0.717, 1.165) is 24.5 Å². The van der Waals surface area contributed by atoms with Gasteiger partial charge < -0.3 is 5.32 Å². The monoisotopic (exact) mass is 341 g/mol. The molecule has 0 fully saturated rings. The molecule has 0 unspecified atom stereocenters. The molecule has 3 heteroatoms. The van der Waals surface area contributed by atoms with E-state index in [4.69, 9.17) is 0 Å². The van der Waals surface area contributed by atoms with E-state index in [2.05, 4.69) is 68.6 Å². The van der Waals surface area contributed by atoms with Gasteiger partial charge in [-0.05, 0) is 55.0 Å². The highest BCUT2D eigenvalue weighted by atomic mass is 32.2. The zero-order chi connectivity index (χ0) is 17.4. The van der Waals surface area contributed by atoms with Gasteiger partial charge in [0.1, 0.15) is 0 Å². The third kappa shape index (κ3) is 6.04. The Morgan fingerprint density at radius 1 is 1.00 bits per heavy atom. The van der Waals surface area contributed by atoms with Gasteiger partial charge in [-0.3, -0.25) is 4.79 Å². The van der Waals surface area contributed by atoms with Crippen LogP contribution in [0.15, 0.2) is 42.5 Å². The van der Waals surface area contributed by atoms with Crippen LogP contribution in [0.1, 0.15) is 34.2 Å². The fraction of sp³-hybridized carbons (Fsp3) is 0.381. The Labute approximate surface area is 150 Å². The van der Waals surface area contributed by atoms with Crippen molar-refractivity contribution in [3.8, 4) is 0 Å². The molecule has 0 radical (unpaired) electrons. The molecule has 2 nitrogen and oxygen atoms in total. The van der Waals surface area contributed by atoms with Crippen LogP contribution in [0.4, 0.5) is 0 Å². The fourth-order valence-corrected chi connectivity index (χ4v) is 3.46. The van der Waals surface area contributed by atoms with Crippen LogP contribution in [0, 0.1) is 20.8 Å². The lowest BCUT2D eigenvalue weighted by Gasteiger charge is -2.08. The number of benzene rings is 2. The van der Waals surface area contributed by atoms with Gasteiger partial charge in [-0.15, -0.1) is 0 Å². The van der Waals surface area contributed by atoms with Crippen molar-refractivity contribution in [2.45, 2.75) is 39.4 Å². The molecular weight excluding hydrogens is 314 g/mol. The molecular formula is C21H27NOS. The van der Waals surface area contributed by atoms with Crippen LogP contribution in [-0.2, 0) is 17.0 Å². The second-order valence-corrected chi connectivity index (χ2v) is 7.35. The summed E-state index contributed by atoms with van der Waals surface area (Å²) in [6, 6.07) is 14.9. The Morgan fingerprint density at radius 3 is 2.54 bits per heavy atom. The minimum Gasteiger partial charge on any atom is -0.355 e. The fourth-order valence-electron chi connectivity index (χ4n) is 2.52. The number of rotatable bonds is 8. The summed E-state index contributed by atoms with van der Waals surface area (Å²) in [7, 11) is 0. The smallest absolute Gasteiger partial charge is 0.220 e. The molecule has 1 amide bonds. The summed E-state index contributed by atoms with van der Waals surface area (Å²) in [5, 5.41) is 3.02. The molecule has 0 aliphatic carbocycles. The Bertz CT molecular complexity index is 681. The maximum absolute atomic E-state index is 11.9. The minimum atomic E-state index is 0.143. The third-order valence-corrected chi connectivity index (χ3v) is 5.31. The first kappa shape index (κ1) is 18.6. The predicted octanol–water partition coefficient (Wildman–Crippen LogP) is 4.59. The SMILES string of the molecule is Cc1ccc(CCC(=O)NCCSCc2ccccc2C)cc1C. The van der Waals surface area contributed by atoms with Gasteiger partial charge in [0.2, 0.25) is 5.91 Å². The van der Waals surface area contributed by atoms with E-state index < -0.39 is 0 Å². The quantitative estimate of drug-likeness (QED) is 0.711. The van der Waals surface area contributed by atoms with Crippen LogP contribution in [-0.4, -0.2) is 18.2 Å². The summed E-state index contributed by atoms with van der Waals surface area (Å²) >= 11 is 1.87. The molecule has 128 valence electrons. The summed E-state index contributed by atoms with van der Waals surface area (Å²) in [5.74, 6) is 2.10. The summed E-state index contributed by atoms with van der Waals surface area (Å²) in [6.45, 7) is 7.11. The van der Waals surface area contributed by atoms with Gasteiger partial charge in [-0.25, -0.2) is 0 Å². The summed E-state index contributed by atoms with van der Waals surface area (Å²) < 4.78 is 0. The lowest BCUT2D eigenvalue weighted by molar-refractivity contribution is -0.120. The first-order valence-corrected chi connectivity index (χ1v) is 9.67. The van der Waals surface area contributed by atoms with Crippen molar-refractivity contribution in [2.75, 3.05) is 12.3 Å². The molecule has 2 rings (SSSR count). The molecule has 0 spiro atoms. The average Bonchev–Trinajstić information content (AvgIpc) is 2.57. The van der Waals surface area contributed by atoms with E-state index in [1.54, 1.807) is 0 Å². The van der Waals surface area contributed by atoms with E-state index in [9.17, 15) is 4.79 Å². The van der Waals surface area contributed by atoms with Gasteiger partial charge in [0, 0.05) is 24.5 Å². The molecule has 0 heterocycles. The minimum absolute atomic E-state index is 0.143. The first-order chi connectivity index (χ1) is 11.6. The van der Waals surface area contributed by atoms with Crippen LogP contribution < -0.4 is 5.32 Å². The second kappa shape index (κ2) is 9.53. The van der Waals surface area contributed by atoms with Crippen molar-refractivity contribution < 1.29 is 4.79 Å². The van der Waals surface area contributed by atoms with Crippen LogP contribution in [0.3, 0.4) is 0 Å². The molecule has 0 atom stereocenters. The van der Waals surface area contributed by atoms with Crippen LogP contribution in [0.25, 0.3) is 0 Å². The van der Waals surface area contributed by atoms with Crippen LogP contribution in [0.5, 0.6) is 0 Å². The van der Waals surface area contributed by atoms with Crippen molar-refractivity contribution in [3.05, 3.63) is 70.3 Å². The number of thioether (sulfide) groups is 1. The molecule has 0 saturated heterocycles. The topological polar surface area (TPSA) is 29.1 Å². The van der Waals surface area contributed by atoms with Gasteiger partial charge in [-0.2, -0.15) is 11.8 Å². The maximum atomic E-state index is 11.9. The van der Waals surface area contributed by atoms with E-state index in [1.807, 2.05) is 11.8 Å². The highest BCUT2D eigenvalue weighted by Gasteiger charge is 2.03. The Balaban J connectivity index is 1.61. The molecule has 2 aromatic carbocycles. The standard InChI is InChI=1S/C21H27NOS/c1-16-8-9-19(14-18(16)3)10-11-21(23)22-12-13-24-15-20-7-5-4-6-17(20)2/h4-9,14H,10-13,15H2,1-3H3,(H,22,23).